The van der Waals surface area contributed by atoms with Gasteiger partial charge >= 0.3 is 0 Å². The van der Waals surface area contributed by atoms with Crippen LogP contribution in [0.1, 0.15) is 24.7 Å². The summed E-state index contributed by atoms with van der Waals surface area (Å²) in [5, 5.41) is 3.12. The maximum absolute atomic E-state index is 11.6. The number of aromatic nitrogens is 2. The number of nitrogens with zero attached hydrogens (tertiary/aromatic N) is 2. The van der Waals surface area contributed by atoms with E-state index >= 15 is 0 Å². The Bertz CT molecular complexity index is 589. The molecule has 112 valence electrons. The average Bonchev–Trinajstić information content (AvgIpc) is 2.72. The average molecular weight is 299 g/mol. The minimum absolute atomic E-state index is 0.0515. The molecular weight excluding hydrogens is 278 g/mol. The van der Waals surface area contributed by atoms with Gasteiger partial charge in [-0.3, -0.25) is 0 Å². The van der Waals surface area contributed by atoms with E-state index in [1.54, 1.807) is 7.11 Å². The number of hydrogen-bond donors (Lipinski definition) is 1. The van der Waals surface area contributed by atoms with Crippen molar-refractivity contribution in [1.29, 1.82) is 0 Å². The zero-order valence-corrected chi connectivity index (χ0v) is 13.0. The molecule has 0 aliphatic carbocycles. The zero-order chi connectivity index (χ0) is 14.8. The number of sulfone groups is 1. The molecule has 1 atom stereocenters. The molecule has 0 saturated carbocycles. The molecule has 1 N–H and O–H groups in total. The van der Waals surface area contributed by atoms with Gasteiger partial charge in [-0.05, 0) is 25.8 Å². The molecule has 20 heavy (non-hydrogen) atoms. The van der Waals surface area contributed by atoms with Crippen molar-refractivity contribution in [2.24, 2.45) is 0 Å². The second-order valence-electron chi connectivity index (χ2n) is 5.26. The van der Waals surface area contributed by atoms with E-state index < -0.39 is 15.4 Å². The number of anilines is 1. The molecule has 0 unspecified atom stereocenters. The van der Waals surface area contributed by atoms with E-state index in [1.165, 1.54) is 0 Å². The monoisotopic (exact) mass is 299 g/mol. The van der Waals surface area contributed by atoms with Crippen LogP contribution < -0.4 is 5.32 Å². The van der Waals surface area contributed by atoms with Crippen molar-refractivity contribution in [3.63, 3.8) is 0 Å². The van der Waals surface area contributed by atoms with Crippen LogP contribution in [-0.2, 0) is 21.0 Å². The molecule has 0 spiro atoms. The zero-order valence-electron chi connectivity index (χ0n) is 12.1. The Hall–Kier alpha value is -1.21. The Labute approximate surface area is 119 Å². The molecule has 1 aromatic rings. The lowest BCUT2D eigenvalue weighted by Gasteiger charge is -2.26. The van der Waals surface area contributed by atoms with Gasteiger partial charge in [0.1, 0.15) is 0 Å². The van der Waals surface area contributed by atoms with Gasteiger partial charge in [0.2, 0.25) is 5.95 Å². The molecule has 6 nitrogen and oxygen atoms in total. The minimum atomic E-state index is -3.00. The quantitative estimate of drug-likeness (QED) is 0.872. The first-order valence-electron chi connectivity index (χ1n) is 6.72. The highest BCUT2D eigenvalue weighted by atomic mass is 32.2. The highest BCUT2D eigenvalue weighted by Crippen LogP contribution is 2.27. The Morgan fingerprint density at radius 2 is 2.20 bits per heavy atom. The number of rotatable bonds is 5. The van der Waals surface area contributed by atoms with Crippen molar-refractivity contribution >= 4 is 15.8 Å². The first kappa shape index (κ1) is 15.2. The maximum Gasteiger partial charge on any atom is 0.223 e. The lowest BCUT2D eigenvalue weighted by atomic mass is 10.0. The summed E-state index contributed by atoms with van der Waals surface area (Å²) < 4.78 is 28.7. The van der Waals surface area contributed by atoms with E-state index in [0.717, 1.165) is 17.8 Å². The van der Waals surface area contributed by atoms with Gasteiger partial charge < -0.3 is 10.1 Å². The minimum Gasteiger partial charge on any atom is -0.375 e. The van der Waals surface area contributed by atoms with E-state index in [-0.39, 0.29) is 11.5 Å². The summed E-state index contributed by atoms with van der Waals surface area (Å²) >= 11 is 0. The van der Waals surface area contributed by atoms with Crippen molar-refractivity contribution < 1.29 is 13.2 Å². The summed E-state index contributed by atoms with van der Waals surface area (Å²) in [6.45, 7) is 4.35. The van der Waals surface area contributed by atoms with E-state index in [2.05, 4.69) is 15.3 Å². The molecule has 0 amide bonds. The fourth-order valence-electron chi connectivity index (χ4n) is 2.39. The van der Waals surface area contributed by atoms with Crippen LogP contribution in [0.2, 0.25) is 0 Å². The van der Waals surface area contributed by atoms with Gasteiger partial charge in [-0.25, -0.2) is 18.4 Å². The summed E-state index contributed by atoms with van der Waals surface area (Å²) in [7, 11) is -1.44. The second-order valence-corrected chi connectivity index (χ2v) is 7.44. The SMILES string of the molecule is CCc1cc(C)nc(NC[C@]2(OC)CCS(=O)(=O)C2)n1. The second kappa shape index (κ2) is 5.65. The number of aryl methyl sites for hydroxylation is 2. The molecule has 2 heterocycles. The van der Waals surface area contributed by atoms with Gasteiger partial charge in [-0.2, -0.15) is 0 Å². The molecule has 1 aliphatic heterocycles. The molecule has 2 rings (SSSR count). The van der Waals surface area contributed by atoms with Gasteiger partial charge in [-0.15, -0.1) is 0 Å². The first-order chi connectivity index (χ1) is 9.38. The predicted octanol–water partition coefficient (Wildman–Crippen LogP) is 0.963. The van der Waals surface area contributed by atoms with E-state index in [1.807, 2.05) is 19.9 Å². The molecule has 0 aromatic carbocycles. The third kappa shape index (κ3) is 3.46. The third-order valence-corrected chi connectivity index (χ3v) is 5.41. The van der Waals surface area contributed by atoms with Crippen LogP contribution in [-0.4, -0.2) is 49.1 Å². The van der Waals surface area contributed by atoms with Crippen LogP contribution in [0.15, 0.2) is 6.07 Å². The lowest BCUT2D eigenvalue weighted by molar-refractivity contribution is 0.0240. The van der Waals surface area contributed by atoms with Crippen molar-refractivity contribution in [3.8, 4) is 0 Å². The molecule has 7 heteroatoms. The Kier molecular flexibility index (Phi) is 4.29. The summed E-state index contributed by atoms with van der Waals surface area (Å²) in [6.07, 6.45) is 1.34. The van der Waals surface area contributed by atoms with Crippen molar-refractivity contribution in [2.45, 2.75) is 32.3 Å². The van der Waals surface area contributed by atoms with Crippen LogP contribution in [0.3, 0.4) is 0 Å². The Morgan fingerprint density at radius 1 is 1.45 bits per heavy atom. The topological polar surface area (TPSA) is 81.2 Å². The van der Waals surface area contributed by atoms with Crippen molar-refractivity contribution in [2.75, 3.05) is 30.5 Å². The maximum atomic E-state index is 11.6. The molecule has 1 aliphatic rings. The summed E-state index contributed by atoms with van der Waals surface area (Å²) in [6, 6.07) is 1.94. The van der Waals surface area contributed by atoms with Gasteiger partial charge in [0.05, 0.1) is 17.1 Å². The van der Waals surface area contributed by atoms with Gasteiger partial charge in [0.25, 0.3) is 0 Å². The standard InChI is InChI=1S/C13H21N3O3S/c1-4-11-7-10(2)15-12(16-11)14-8-13(19-3)5-6-20(17,18)9-13/h7H,4-6,8-9H2,1-3H3,(H,14,15,16)/t13-/m1/s1. The number of ether oxygens (including phenoxy) is 1. The fraction of sp³-hybridized carbons (Fsp3) is 0.692. The largest absolute Gasteiger partial charge is 0.375 e. The summed E-state index contributed by atoms with van der Waals surface area (Å²) in [5.74, 6) is 0.760. The normalized spacial score (nSPS) is 24.8. The van der Waals surface area contributed by atoms with Crippen LogP contribution in [0.25, 0.3) is 0 Å². The first-order valence-corrected chi connectivity index (χ1v) is 8.54. The van der Waals surface area contributed by atoms with Gasteiger partial charge in [0.15, 0.2) is 9.84 Å². The molecule has 0 bridgehead atoms. The van der Waals surface area contributed by atoms with Crippen LogP contribution >= 0.6 is 0 Å². The molecule has 1 aromatic heterocycles. The fourth-order valence-corrected chi connectivity index (χ4v) is 4.39. The van der Waals surface area contributed by atoms with Crippen LogP contribution in [0, 0.1) is 6.92 Å². The summed E-state index contributed by atoms with van der Waals surface area (Å²) in [4.78, 5) is 8.70. The van der Waals surface area contributed by atoms with Crippen molar-refractivity contribution in [1.82, 2.24) is 9.97 Å². The lowest BCUT2D eigenvalue weighted by Crippen LogP contribution is -2.40. The molecule has 1 saturated heterocycles. The third-order valence-electron chi connectivity index (χ3n) is 3.62. The summed E-state index contributed by atoms with van der Waals surface area (Å²) in [5.41, 5.74) is 1.19. The van der Waals surface area contributed by atoms with Crippen LogP contribution in [0.5, 0.6) is 0 Å². The Balaban J connectivity index is 2.09. The Morgan fingerprint density at radius 3 is 2.75 bits per heavy atom. The molecular formula is C13H21N3O3S. The smallest absolute Gasteiger partial charge is 0.223 e. The van der Waals surface area contributed by atoms with E-state index in [0.29, 0.717) is 18.9 Å². The van der Waals surface area contributed by atoms with Gasteiger partial charge in [-0.1, -0.05) is 6.92 Å². The van der Waals surface area contributed by atoms with Gasteiger partial charge in [0, 0.05) is 25.0 Å². The molecule has 0 radical (unpaired) electrons. The van der Waals surface area contributed by atoms with E-state index in [4.69, 9.17) is 4.74 Å². The van der Waals surface area contributed by atoms with Crippen LogP contribution in [0.4, 0.5) is 5.95 Å². The predicted molar refractivity (Wildman–Crippen MR) is 77.6 cm³/mol. The highest BCUT2D eigenvalue weighted by molar-refractivity contribution is 7.91. The number of nitrogens with one attached hydrogen (secondary N) is 1. The molecule has 1 fully saturated rings. The van der Waals surface area contributed by atoms with E-state index in [9.17, 15) is 8.42 Å². The van der Waals surface area contributed by atoms with Crippen molar-refractivity contribution in [3.05, 3.63) is 17.5 Å². The number of hydrogen-bond acceptors (Lipinski definition) is 6. The highest BCUT2D eigenvalue weighted by Gasteiger charge is 2.42. The number of methoxy groups -OCH3 is 1.